The molecule has 0 aliphatic rings. The van der Waals surface area contributed by atoms with Crippen LogP contribution in [-0.2, 0) is 13.6 Å². The Labute approximate surface area is 99.1 Å². The van der Waals surface area contributed by atoms with Crippen LogP contribution in [0.1, 0.15) is 11.4 Å². The average Bonchev–Trinajstić information content (AvgIpc) is 2.64. The molecule has 0 saturated carbocycles. The first-order valence-corrected chi connectivity index (χ1v) is 5.36. The first kappa shape index (κ1) is 11.1. The van der Waals surface area contributed by atoms with E-state index < -0.39 is 0 Å². The average molecular weight is 237 g/mol. The molecule has 0 aliphatic carbocycles. The molecule has 4 nitrogen and oxygen atoms in total. The summed E-state index contributed by atoms with van der Waals surface area (Å²) >= 11 is 6.24. The lowest BCUT2D eigenvalue weighted by Gasteiger charge is -2.06. The summed E-state index contributed by atoms with van der Waals surface area (Å²) in [5, 5.41) is 8.83. The van der Waals surface area contributed by atoms with E-state index in [2.05, 4.69) is 10.2 Å². The second kappa shape index (κ2) is 4.23. The molecule has 0 bridgehead atoms. The number of rotatable bonds is 2. The van der Waals surface area contributed by atoms with Crippen LogP contribution in [0.4, 0.5) is 0 Å². The Bertz CT molecular complexity index is 519. The molecule has 0 fully saturated rings. The van der Waals surface area contributed by atoms with E-state index in [1.807, 2.05) is 36.7 Å². The fraction of sp³-hybridized carbons (Fsp3) is 0.273. The lowest BCUT2D eigenvalue weighted by atomic mass is 10.1. The molecule has 0 aliphatic heterocycles. The van der Waals surface area contributed by atoms with E-state index in [4.69, 9.17) is 17.3 Å². The van der Waals surface area contributed by atoms with E-state index in [1.54, 1.807) is 0 Å². The highest BCUT2D eigenvalue weighted by Crippen LogP contribution is 2.28. The fourth-order valence-electron chi connectivity index (χ4n) is 1.59. The van der Waals surface area contributed by atoms with Crippen molar-refractivity contribution in [3.8, 4) is 11.4 Å². The van der Waals surface area contributed by atoms with E-state index in [1.165, 1.54) is 0 Å². The number of nitrogens with zero attached hydrogens (tertiary/aromatic N) is 3. The summed E-state index contributed by atoms with van der Waals surface area (Å²) in [5.41, 5.74) is 7.46. The molecule has 16 heavy (non-hydrogen) atoms. The predicted octanol–water partition coefficient (Wildman–Crippen LogP) is 1.90. The van der Waals surface area contributed by atoms with Gasteiger partial charge in [-0.2, -0.15) is 0 Å². The molecule has 0 spiro atoms. The lowest BCUT2D eigenvalue weighted by Crippen LogP contribution is -2.05. The summed E-state index contributed by atoms with van der Waals surface area (Å²) in [7, 11) is 1.89. The molecule has 0 radical (unpaired) electrons. The van der Waals surface area contributed by atoms with Crippen molar-refractivity contribution in [1.29, 1.82) is 0 Å². The van der Waals surface area contributed by atoms with Crippen LogP contribution < -0.4 is 5.73 Å². The zero-order valence-electron chi connectivity index (χ0n) is 9.24. The zero-order valence-corrected chi connectivity index (χ0v) is 9.99. The summed E-state index contributed by atoms with van der Waals surface area (Å²) < 4.78 is 1.86. The maximum absolute atomic E-state index is 6.24. The number of benzene rings is 1. The molecule has 0 saturated heterocycles. The molecule has 0 amide bonds. The summed E-state index contributed by atoms with van der Waals surface area (Å²) in [6.07, 6.45) is 0. The van der Waals surface area contributed by atoms with Crippen molar-refractivity contribution in [3.63, 3.8) is 0 Å². The number of aromatic nitrogens is 3. The Balaban J connectivity index is 2.59. The highest BCUT2D eigenvalue weighted by Gasteiger charge is 2.13. The predicted molar refractivity (Wildman–Crippen MR) is 64.1 cm³/mol. The maximum Gasteiger partial charge on any atom is 0.165 e. The number of hydrogen-bond donors (Lipinski definition) is 1. The number of aryl methyl sites for hydroxylation is 1. The van der Waals surface area contributed by atoms with Gasteiger partial charge in [-0.05, 0) is 18.6 Å². The van der Waals surface area contributed by atoms with Crippen molar-refractivity contribution in [2.45, 2.75) is 13.5 Å². The van der Waals surface area contributed by atoms with Crippen molar-refractivity contribution in [2.75, 3.05) is 0 Å². The molecule has 0 unspecified atom stereocenters. The highest BCUT2D eigenvalue weighted by atomic mass is 35.5. The molecule has 1 heterocycles. The number of halogens is 1. The molecule has 2 N–H and O–H groups in total. The van der Waals surface area contributed by atoms with Crippen LogP contribution in [0.15, 0.2) is 18.2 Å². The van der Waals surface area contributed by atoms with Gasteiger partial charge >= 0.3 is 0 Å². The number of nitrogens with two attached hydrogens (primary N) is 1. The van der Waals surface area contributed by atoms with Crippen LogP contribution in [0, 0.1) is 6.92 Å². The van der Waals surface area contributed by atoms with Gasteiger partial charge in [0.15, 0.2) is 5.82 Å². The second-order valence-electron chi connectivity index (χ2n) is 3.64. The monoisotopic (exact) mass is 236 g/mol. The summed E-state index contributed by atoms with van der Waals surface area (Å²) in [6, 6.07) is 5.85. The number of hydrogen-bond acceptors (Lipinski definition) is 3. The summed E-state index contributed by atoms with van der Waals surface area (Å²) in [6.45, 7) is 2.33. The molecule has 0 atom stereocenters. The minimum atomic E-state index is 0.368. The molecule has 1 aromatic carbocycles. The topological polar surface area (TPSA) is 56.7 Å². The summed E-state index contributed by atoms with van der Waals surface area (Å²) in [4.78, 5) is 0. The van der Waals surface area contributed by atoms with Crippen LogP contribution in [0.2, 0.25) is 5.02 Å². The van der Waals surface area contributed by atoms with E-state index in [0.717, 1.165) is 22.8 Å². The molecular formula is C11H13ClN4. The van der Waals surface area contributed by atoms with Gasteiger partial charge in [-0.25, -0.2) is 0 Å². The molecule has 84 valence electrons. The highest BCUT2D eigenvalue weighted by molar-refractivity contribution is 6.33. The van der Waals surface area contributed by atoms with Gasteiger partial charge in [0.05, 0.1) is 11.6 Å². The van der Waals surface area contributed by atoms with Crippen LogP contribution in [-0.4, -0.2) is 14.8 Å². The van der Waals surface area contributed by atoms with Crippen molar-refractivity contribution in [1.82, 2.24) is 14.8 Å². The Kier molecular flexibility index (Phi) is 2.94. The largest absolute Gasteiger partial charge is 0.324 e. The minimum Gasteiger partial charge on any atom is -0.324 e. The smallest absolute Gasteiger partial charge is 0.165 e. The first-order chi connectivity index (χ1) is 7.65. The molecule has 2 rings (SSSR count). The van der Waals surface area contributed by atoms with Gasteiger partial charge in [0.1, 0.15) is 5.82 Å². The van der Waals surface area contributed by atoms with Gasteiger partial charge in [-0.1, -0.05) is 23.7 Å². The third-order valence-corrected chi connectivity index (χ3v) is 3.08. The van der Waals surface area contributed by atoms with Crippen molar-refractivity contribution >= 4 is 11.6 Å². The van der Waals surface area contributed by atoms with Gasteiger partial charge < -0.3 is 10.3 Å². The first-order valence-electron chi connectivity index (χ1n) is 4.99. The molecular weight excluding hydrogens is 224 g/mol. The standard InChI is InChI=1S/C11H13ClN4/c1-7-4-3-5-8(10(7)12)11-15-14-9(6-13)16(11)2/h3-5H,6,13H2,1-2H3. The SMILES string of the molecule is Cc1cccc(-c2nnc(CN)n2C)c1Cl. The van der Waals surface area contributed by atoms with E-state index in [0.29, 0.717) is 11.6 Å². The van der Waals surface area contributed by atoms with Gasteiger partial charge in [0.2, 0.25) is 0 Å². The lowest BCUT2D eigenvalue weighted by molar-refractivity contribution is 0.797. The third-order valence-electron chi connectivity index (χ3n) is 2.58. The summed E-state index contributed by atoms with van der Waals surface area (Å²) in [5.74, 6) is 1.49. The van der Waals surface area contributed by atoms with Crippen molar-refractivity contribution in [3.05, 3.63) is 34.6 Å². The van der Waals surface area contributed by atoms with Crippen molar-refractivity contribution in [2.24, 2.45) is 12.8 Å². The second-order valence-corrected chi connectivity index (χ2v) is 4.02. The van der Waals surface area contributed by atoms with Crippen LogP contribution >= 0.6 is 11.6 Å². The van der Waals surface area contributed by atoms with Crippen LogP contribution in [0.25, 0.3) is 11.4 Å². The van der Waals surface area contributed by atoms with Gasteiger partial charge in [0.25, 0.3) is 0 Å². The van der Waals surface area contributed by atoms with Gasteiger partial charge in [-0.15, -0.1) is 10.2 Å². The Morgan fingerprint density at radius 2 is 2.12 bits per heavy atom. The van der Waals surface area contributed by atoms with Crippen LogP contribution in [0.3, 0.4) is 0 Å². The normalized spacial score (nSPS) is 10.8. The van der Waals surface area contributed by atoms with Gasteiger partial charge in [0, 0.05) is 12.6 Å². The van der Waals surface area contributed by atoms with E-state index in [9.17, 15) is 0 Å². The fourth-order valence-corrected chi connectivity index (χ4v) is 1.80. The van der Waals surface area contributed by atoms with E-state index >= 15 is 0 Å². The molecule has 2 aromatic rings. The quantitative estimate of drug-likeness (QED) is 0.867. The van der Waals surface area contributed by atoms with E-state index in [-0.39, 0.29) is 0 Å². The maximum atomic E-state index is 6.24. The van der Waals surface area contributed by atoms with Gasteiger partial charge in [-0.3, -0.25) is 0 Å². The van der Waals surface area contributed by atoms with Crippen molar-refractivity contribution < 1.29 is 0 Å². The zero-order chi connectivity index (χ0) is 11.7. The Hall–Kier alpha value is -1.39. The molecule has 5 heteroatoms. The Morgan fingerprint density at radius 3 is 2.75 bits per heavy atom. The minimum absolute atomic E-state index is 0.368. The molecule has 1 aromatic heterocycles. The Morgan fingerprint density at radius 1 is 1.38 bits per heavy atom. The van der Waals surface area contributed by atoms with Crippen LogP contribution in [0.5, 0.6) is 0 Å². The third kappa shape index (κ3) is 1.70.